The molecule has 0 fully saturated rings. The van der Waals surface area contributed by atoms with Gasteiger partial charge in [0.15, 0.2) is 0 Å². The normalized spacial score (nSPS) is 9.85. The molecule has 0 bridgehead atoms. The van der Waals surface area contributed by atoms with Crippen molar-refractivity contribution < 1.29 is 19.6 Å². The number of amides is 1. The van der Waals surface area contributed by atoms with Crippen molar-refractivity contribution in [1.29, 1.82) is 0 Å². The summed E-state index contributed by atoms with van der Waals surface area (Å²) < 4.78 is 0. The van der Waals surface area contributed by atoms with E-state index in [0.29, 0.717) is 6.54 Å². The summed E-state index contributed by atoms with van der Waals surface area (Å²) in [7, 11) is 0. The molecule has 20 heavy (non-hydrogen) atoms. The molecule has 0 atom stereocenters. The number of carbonyl (C=O) groups is 2. The molecule has 1 rings (SSSR count). The summed E-state index contributed by atoms with van der Waals surface area (Å²) in [5.74, 6) is -1.40. The Morgan fingerprint density at radius 1 is 1.40 bits per heavy atom. The number of benzene rings is 1. The van der Waals surface area contributed by atoms with Gasteiger partial charge in [-0.2, -0.15) is 0 Å². The van der Waals surface area contributed by atoms with Crippen molar-refractivity contribution in [2.45, 2.75) is 13.3 Å². The molecule has 0 heterocycles. The lowest BCUT2D eigenvalue weighted by Gasteiger charge is -2.07. The molecule has 8 heteroatoms. The van der Waals surface area contributed by atoms with Crippen LogP contribution in [0.5, 0.6) is 0 Å². The van der Waals surface area contributed by atoms with Crippen LogP contribution >= 0.6 is 0 Å². The van der Waals surface area contributed by atoms with Crippen LogP contribution in [-0.2, 0) is 4.79 Å². The zero-order valence-corrected chi connectivity index (χ0v) is 10.9. The second kappa shape index (κ2) is 7.07. The van der Waals surface area contributed by atoms with Gasteiger partial charge in [-0.3, -0.25) is 19.7 Å². The van der Waals surface area contributed by atoms with Crippen LogP contribution in [0.2, 0.25) is 0 Å². The van der Waals surface area contributed by atoms with E-state index in [1.165, 1.54) is 12.1 Å². The summed E-state index contributed by atoms with van der Waals surface area (Å²) in [5, 5.41) is 24.7. The number of rotatable bonds is 7. The van der Waals surface area contributed by atoms with Gasteiger partial charge in [-0.1, -0.05) is 0 Å². The molecule has 0 aliphatic rings. The minimum absolute atomic E-state index is 0.0661. The molecule has 108 valence electrons. The van der Waals surface area contributed by atoms with Gasteiger partial charge in [0.25, 0.3) is 11.6 Å². The highest BCUT2D eigenvalue weighted by molar-refractivity contribution is 5.95. The summed E-state index contributed by atoms with van der Waals surface area (Å²) in [5.41, 5.74) is 0.103. The number of aliphatic carboxylic acids is 1. The Kier molecular flexibility index (Phi) is 5.45. The fraction of sp³-hybridized carbons (Fsp3) is 0.333. The van der Waals surface area contributed by atoms with Gasteiger partial charge >= 0.3 is 5.97 Å². The van der Waals surface area contributed by atoms with Gasteiger partial charge in [0.1, 0.15) is 5.69 Å². The number of hydrogen-bond acceptors (Lipinski definition) is 5. The molecule has 1 amide bonds. The Morgan fingerprint density at radius 2 is 2.10 bits per heavy atom. The molecule has 1 aromatic rings. The predicted octanol–water partition coefficient (Wildman–Crippen LogP) is 1.23. The number of carbonyl (C=O) groups excluding carboxylic acids is 1. The third-order valence-electron chi connectivity index (χ3n) is 2.45. The fourth-order valence-corrected chi connectivity index (χ4v) is 1.54. The molecule has 3 N–H and O–H groups in total. The third kappa shape index (κ3) is 4.23. The first kappa shape index (κ1) is 15.4. The first-order valence-electron chi connectivity index (χ1n) is 5.98. The molecule has 8 nitrogen and oxygen atoms in total. The molecule has 1 aromatic carbocycles. The quantitative estimate of drug-likeness (QED) is 0.510. The Labute approximate surface area is 114 Å². The van der Waals surface area contributed by atoms with Gasteiger partial charge in [0.05, 0.1) is 11.3 Å². The van der Waals surface area contributed by atoms with Gasteiger partial charge in [0.2, 0.25) is 0 Å². The molecule has 0 saturated heterocycles. The predicted molar refractivity (Wildman–Crippen MR) is 71.8 cm³/mol. The smallest absolute Gasteiger partial charge is 0.305 e. The van der Waals surface area contributed by atoms with E-state index < -0.39 is 16.8 Å². The molecule has 0 saturated carbocycles. The fourth-order valence-electron chi connectivity index (χ4n) is 1.54. The molecule has 0 aliphatic carbocycles. The third-order valence-corrected chi connectivity index (χ3v) is 2.45. The Hall–Kier alpha value is -2.64. The van der Waals surface area contributed by atoms with E-state index in [9.17, 15) is 19.7 Å². The van der Waals surface area contributed by atoms with Crippen LogP contribution in [-0.4, -0.2) is 35.0 Å². The number of carboxylic acids is 1. The zero-order valence-electron chi connectivity index (χ0n) is 10.9. The lowest BCUT2D eigenvalue weighted by molar-refractivity contribution is -0.384. The largest absolute Gasteiger partial charge is 0.481 e. The van der Waals surface area contributed by atoms with E-state index in [2.05, 4.69) is 10.6 Å². The number of hydrogen-bond donors (Lipinski definition) is 3. The number of carboxylic acid groups (broad SMARTS) is 1. The van der Waals surface area contributed by atoms with Crippen LogP contribution in [0.3, 0.4) is 0 Å². The number of nitrogens with zero attached hydrogens (tertiary/aromatic N) is 1. The minimum atomic E-state index is -1.00. The Morgan fingerprint density at radius 3 is 2.65 bits per heavy atom. The summed E-state index contributed by atoms with van der Waals surface area (Å²) in [4.78, 5) is 32.3. The molecular weight excluding hydrogens is 266 g/mol. The maximum Gasteiger partial charge on any atom is 0.305 e. The molecule has 0 radical (unpaired) electrons. The van der Waals surface area contributed by atoms with E-state index in [1.54, 1.807) is 6.92 Å². The number of nitrogens with one attached hydrogen (secondary N) is 2. The summed E-state index contributed by atoms with van der Waals surface area (Å²) in [6.07, 6.45) is -0.158. The van der Waals surface area contributed by atoms with E-state index in [0.717, 1.165) is 6.07 Å². The van der Waals surface area contributed by atoms with Crippen molar-refractivity contribution in [3.8, 4) is 0 Å². The van der Waals surface area contributed by atoms with E-state index in [4.69, 9.17) is 5.11 Å². The maximum absolute atomic E-state index is 11.6. The second-order valence-electron chi connectivity index (χ2n) is 3.92. The number of nitro benzene ring substituents is 1. The first-order chi connectivity index (χ1) is 9.45. The summed E-state index contributed by atoms with van der Waals surface area (Å²) in [6, 6.07) is 4.00. The monoisotopic (exact) mass is 281 g/mol. The topological polar surface area (TPSA) is 122 Å². The van der Waals surface area contributed by atoms with Crippen LogP contribution in [0.25, 0.3) is 0 Å². The average molecular weight is 281 g/mol. The van der Waals surface area contributed by atoms with Gasteiger partial charge in [-0.15, -0.1) is 0 Å². The maximum atomic E-state index is 11.6. The highest BCUT2D eigenvalue weighted by Gasteiger charge is 2.17. The molecule has 0 aromatic heterocycles. The Balaban J connectivity index is 2.93. The number of nitro groups is 1. The van der Waals surface area contributed by atoms with Crippen LogP contribution in [0.4, 0.5) is 11.4 Å². The van der Waals surface area contributed by atoms with Crippen molar-refractivity contribution in [2.75, 3.05) is 18.4 Å². The van der Waals surface area contributed by atoms with Crippen LogP contribution < -0.4 is 10.6 Å². The lowest BCUT2D eigenvalue weighted by Crippen LogP contribution is -2.22. The average Bonchev–Trinajstić information content (AvgIpc) is 2.38. The second-order valence-corrected chi connectivity index (χ2v) is 3.92. The van der Waals surface area contributed by atoms with E-state index in [-0.39, 0.29) is 29.9 Å². The van der Waals surface area contributed by atoms with Crippen LogP contribution in [0.1, 0.15) is 23.7 Å². The van der Waals surface area contributed by atoms with Crippen LogP contribution in [0.15, 0.2) is 18.2 Å². The van der Waals surface area contributed by atoms with E-state index >= 15 is 0 Å². The summed E-state index contributed by atoms with van der Waals surface area (Å²) >= 11 is 0. The van der Waals surface area contributed by atoms with Crippen molar-refractivity contribution in [3.05, 3.63) is 33.9 Å². The van der Waals surface area contributed by atoms with Gasteiger partial charge in [-0.05, 0) is 19.1 Å². The van der Waals surface area contributed by atoms with Crippen molar-refractivity contribution >= 4 is 23.3 Å². The SMILES string of the molecule is CCNC(=O)c1ccc(NCCC(=O)O)c([N+](=O)[O-])c1. The van der Waals surface area contributed by atoms with Crippen molar-refractivity contribution in [3.63, 3.8) is 0 Å². The summed E-state index contributed by atoms with van der Waals surface area (Å²) in [6.45, 7) is 2.23. The van der Waals surface area contributed by atoms with Gasteiger partial charge in [0, 0.05) is 24.7 Å². The van der Waals surface area contributed by atoms with Crippen molar-refractivity contribution in [2.24, 2.45) is 0 Å². The minimum Gasteiger partial charge on any atom is -0.481 e. The lowest BCUT2D eigenvalue weighted by atomic mass is 10.1. The highest BCUT2D eigenvalue weighted by atomic mass is 16.6. The van der Waals surface area contributed by atoms with Gasteiger partial charge in [-0.25, -0.2) is 0 Å². The van der Waals surface area contributed by atoms with Gasteiger partial charge < -0.3 is 15.7 Å². The highest BCUT2D eigenvalue weighted by Crippen LogP contribution is 2.25. The standard InChI is InChI=1S/C12H15N3O5/c1-2-13-12(18)8-3-4-9(10(7-8)15(19)20)14-6-5-11(16)17/h3-4,7,14H,2,5-6H2,1H3,(H,13,18)(H,16,17). The van der Waals surface area contributed by atoms with Crippen molar-refractivity contribution in [1.82, 2.24) is 5.32 Å². The zero-order chi connectivity index (χ0) is 15.1. The molecule has 0 unspecified atom stereocenters. The number of anilines is 1. The Bertz CT molecular complexity index is 530. The first-order valence-corrected chi connectivity index (χ1v) is 5.98. The molecule has 0 aliphatic heterocycles. The van der Waals surface area contributed by atoms with Crippen LogP contribution in [0, 0.1) is 10.1 Å². The molecular formula is C12H15N3O5. The molecule has 0 spiro atoms. The van der Waals surface area contributed by atoms with E-state index in [1.807, 2.05) is 0 Å².